The number of aromatic nitrogens is 1. The molecule has 4 nitrogen and oxygen atoms in total. The lowest BCUT2D eigenvalue weighted by atomic mass is 10.1. The SMILES string of the molecule is C#CCn1c(C)c(C)c(C=O)c1C(=O)OC. The van der Waals surface area contributed by atoms with Crippen molar-refractivity contribution in [2.45, 2.75) is 20.4 Å². The summed E-state index contributed by atoms with van der Waals surface area (Å²) in [6.45, 7) is 3.83. The largest absolute Gasteiger partial charge is 0.464 e. The van der Waals surface area contributed by atoms with Gasteiger partial charge in [0.25, 0.3) is 0 Å². The maximum absolute atomic E-state index is 11.6. The summed E-state index contributed by atoms with van der Waals surface area (Å²) in [5.74, 6) is 1.90. The Bertz CT molecular complexity index is 477. The molecular weight excluding hydrogens is 206 g/mol. The van der Waals surface area contributed by atoms with Crippen molar-refractivity contribution < 1.29 is 14.3 Å². The number of hydrogen-bond donors (Lipinski definition) is 0. The van der Waals surface area contributed by atoms with Crippen molar-refractivity contribution in [1.82, 2.24) is 4.57 Å². The van der Waals surface area contributed by atoms with E-state index in [-0.39, 0.29) is 12.2 Å². The highest BCUT2D eigenvalue weighted by Crippen LogP contribution is 2.21. The molecule has 0 aliphatic carbocycles. The molecule has 0 aliphatic heterocycles. The molecule has 1 aromatic heterocycles. The Kier molecular flexibility index (Phi) is 3.51. The topological polar surface area (TPSA) is 48.3 Å². The van der Waals surface area contributed by atoms with E-state index in [0.29, 0.717) is 11.8 Å². The van der Waals surface area contributed by atoms with Gasteiger partial charge in [0.2, 0.25) is 0 Å². The molecule has 0 saturated carbocycles. The molecule has 1 rings (SSSR count). The fraction of sp³-hybridized carbons (Fsp3) is 0.333. The Morgan fingerprint density at radius 1 is 1.56 bits per heavy atom. The van der Waals surface area contributed by atoms with E-state index in [0.717, 1.165) is 11.3 Å². The number of methoxy groups -OCH3 is 1. The second kappa shape index (κ2) is 4.67. The van der Waals surface area contributed by atoms with E-state index < -0.39 is 5.97 Å². The molecule has 4 heteroatoms. The molecule has 0 N–H and O–H groups in total. The van der Waals surface area contributed by atoms with Gasteiger partial charge in [0, 0.05) is 5.69 Å². The predicted octanol–water partition coefficient (Wildman–Crippen LogP) is 1.34. The Morgan fingerprint density at radius 3 is 2.62 bits per heavy atom. The monoisotopic (exact) mass is 219 g/mol. The summed E-state index contributed by atoms with van der Waals surface area (Å²) in [4.78, 5) is 22.5. The Labute approximate surface area is 94.2 Å². The molecule has 16 heavy (non-hydrogen) atoms. The van der Waals surface area contributed by atoms with E-state index >= 15 is 0 Å². The summed E-state index contributed by atoms with van der Waals surface area (Å²) < 4.78 is 6.26. The van der Waals surface area contributed by atoms with Crippen LogP contribution in [0.1, 0.15) is 32.1 Å². The summed E-state index contributed by atoms with van der Waals surface area (Å²) in [6.07, 6.45) is 5.88. The van der Waals surface area contributed by atoms with Gasteiger partial charge in [-0.1, -0.05) is 5.92 Å². The molecule has 84 valence electrons. The number of carbonyl (C=O) groups is 2. The highest BCUT2D eigenvalue weighted by atomic mass is 16.5. The summed E-state index contributed by atoms with van der Waals surface area (Å²) >= 11 is 0. The van der Waals surface area contributed by atoms with Gasteiger partial charge < -0.3 is 9.30 Å². The molecular formula is C12H13NO3. The molecule has 1 aromatic rings. The van der Waals surface area contributed by atoms with Crippen LogP contribution in [0, 0.1) is 26.2 Å². The zero-order valence-electron chi connectivity index (χ0n) is 9.53. The molecule has 0 unspecified atom stereocenters. The van der Waals surface area contributed by atoms with Crippen molar-refractivity contribution in [3.8, 4) is 12.3 Å². The van der Waals surface area contributed by atoms with Crippen molar-refractivity contribution in [2.75, 3.05) is 7.11 Å². The number of terminal acetylenes is 1. The van der Waals surface area contributed by atoms with Crippen LogP contribution in [0.3, 0.4) is 0 Å². The number of ether oxygens (including phenoxy) is 1. The lowest BCUT2D eigenvalue weighted by Gasteiger charge is -2.06. The minimum absolute atomic E-state index is 0.227. The summed E-state index contributed by atoms with van der Waals surface area (Å²) in [5.41, 5.74) is 2.14. The van der Waals surface area contributed by atoms with Crippen molar-refractivity contribution in [1.29, 1.82) is 0 Å². The van der Waals surface area contributed by atoms with Gasteiger partial charge in [0.05, 0.1) is 19.2 Å². The molecule has 0 aromatic carbocycles. The number of rotatable bonds is 3. The maximum atomic E-state index is 11.6. The minimum Gasteiger partial charge on any atom is -0.464 e. The first kappa shape index (κ1) is 12.1. The Hall–Kier alpha value is -2.02. The second-order valence-electron chi connectivity index (χ2n) is 3.37. The van der Waals surface area contributed by atoms with Crippen LogP contribution < -0.4 is 0 Å². The van der Waals surface area contributed by atoms with E-state index in [9.17, 15) is 9.59 Å². The molecule has 0 amide bonds. The molecule has 0 saturated heterocycles. The van der Waals surface area contributed by atoms with Crippen molar-refractivity contribution in [3.05, 3.63) is 22.5 Å². The van der Waals surface area contributed by atoms with Crippen LogP contribution in [0.5, 0.6) is 0 Å². The third kappa shape index (κ3) is 1.72. The van der Waals surface area contributed by atoms with E-state index in [1.54, 1.807) is 11.5 Å². The number of carbonyl (C=O) groups excluding carboxylic acids is 2. The first-order valence-electron chi connectivity index (χ1n) is 4.75. The first-order valence-corrected chi connectivity index (χ1v) is 4.75. The van der Waals surface area contributed by atoms with Crippen molar-refractivity contribution in [2.24, 2.45) is 0 Å². The van der Waals surface area contributed by atoms with E-state index in [1.165, 1.54) is 7.11 Å². The minimum atomic E-state index is -0.548. The zero-order valence-corrected chi connectivity index (χ0v) is 9.53. The zero-order chi connectivity index (χ0) is 12.3. The van der Waals surface area contributed by atoms with Gasteiger partial charge in [-0.15, -0.1) is 6.42 Å². The van der Waals surface area contributed by atoms with Crippen LogP contribution in [-0.4, -0.2) is 23.9 Å². The molecule has 0 aliphatic rings. The third-order valence-electron chi connectivity index (χ3n) is 2.62. The van der Waals surface area contributed by atoms with Crippen LogP contribution in [0.4, 0.5) is 0 Å². The quantitative estimate of drug-likeness (QED) is 0.438. The van der Waals surface area contributed by atoms with Gasteiger partial charge in [-0.2, -0.15) is 0 Å². The molecule has 0 bridgehead atoms. The van der Waals surface area contributed by atoms with E-state index in [4.69, 9.17) is 6.42 Å². The highest BCUT2D eigenvalue weighted by molar-refractivity contribution is 5.98. The van der Waals surface area contributed by atoms with Gasteiger partial charge in [-0.25, -0.2) is 4.79 Å². The highest BCUT2D eigenvalue weighted by Gasteiger charge is 2.22. The fourth-order valence-electron chi connectivity index (χ4n) is 1.64. The Balaban J connectivity index is 3.53. The van der Waals surface area contributed by atoms with Crippen molar-refractivity contribution >= 4 is 12.3 Å². The Morgan fingerprint density at radius 2 is 2.19 bits per heavy atom. The first-order chi connectivity index (χ1) is 7.58. The van der Waals surface area contributed by atoms with Crippen LogP contribution >= 0.6 is 0 Å². The maximum Gasteiger partial charge on any atom is 0.355 e. The van der Waals surface area contributed by atoms with E-state index in [1.807, 2.05) is 6.92 Å². The average molecular weight is 219 g/mol. The van der Waals surface area contributed by atoms with Crippen LogP contribution in [0.2, 0.25) is 0 Å². The average Bonchev–Trinajstić information content (AvgIpc) is 2.53. The van der Waals surface area contributed by atoms with Crippen LogP contribution in [0.25, 0.3) is 0 Å². The molecule has 0 radical (unpaired) electrons. The van der Waals surface area contributed by atoms with Gasteiger partial charge in [0.15, 0.2) is 6.29 Å². The number of nitrogens with zero attached hydrogens (tertiary/aromatic N) is 1. The lowest BCUT2D eigenvalue weighted by molar-refractivity contribution is 0.0586. The molecule has 0 atom stereocenters. The van der Waals surface area contributed by atoms with Gasteiger partial charge >= 0.3 is 5.97 Å². The summed E-state index contributed by atoms with van der Waals surface area (Å²) in [5, 5.41) is 0. The van der Waals surface area contributed by atoms with Crippen LogP contribution in [0.15, 0.2) is 0 Å². The smallest absolute Gasteiger partial charge is 0.355 e. The molecule has 1 heterocycles. The lowest BCUT2D eigenvalue weighted by Crippen LogP contribution is -2.13. The fourth-order valence-corrected chi connectivity index (χ4v) is 1.64. The van der Waals surface area contributed by atoms with Gasteiger partial charge in [0.1, 0.15) is 5.69 Å². The predicted molar refractivity (Wildman–Crippen MR) is 59.5 cm³/mol. The summed E-state index contributed by atoms with van der Waals surface area (Å²) in [7, 11) is 1.27. The van der Waals surface area contributed by atoms with Gasteiger partial charge in [-0.3, -0.25) is 4.79 Å². The third-order valence-corrected chi connectivity index (χ3v) is 2.62. The standard InChI is InChI=1S/C12H13NO3/c1-5-6-13-9(3)8(2)10(7-14)11(13)12(15)16-4/h1,7H,6H2,2-4H3. The second-order valence-corrected chi connectivity index (χ2v) is 3.37. The molecule has 0 fully saturated rings. The number of esters is 1. The number of hydrogen-bond acceptors (Lipinski definition) is 3. The van der Waals surface area contributed by atoms with E-state index in [2.05, 4.69) is 10.7 Å². The summed E-state index contributed by atoms with van der Waals surface area (Å²) in [6, 6.07) is 0. The normalized spacial score (nSPS) is 9.62. The molecule has 0 spiro atoms. The van der Waals surface area contributed by atoms with Crippen LogP contribution in [-0.2, 0) is 11.3 Å². The van der Waals surface area contributed by atoms with Gasteiger partial charge in [-0.05, 0) is 19.4 Å². The number of aldehydes is 1. The van der Waals surface area contributed by atoms with Crippen molar-refractivity contribution in [3.63, 3.8) is 0 Å².